The Hall–Kier alpha value is -1.88. The van der Waals surface area contributed by atoms with Gasteiger partial charge in [-0.1, -0.05) is 12.1 Å². The Balaban J connectivity index is 1.70. The molecule has 0 saturated heterocycles. The van der Waals surface area contributed by atoms with Gasteiger partial charge in [-0.05, 0) is 48.8 Å². The van der Waals surface area contributed by atoms with Crippen molar-refractivity contribution in [3.05, 3.63) is 35.4 Å². The van der Waals surface area contributed by atoms with E-state index in [1.54, 1.807) is 19.2 Å². The van der Waals surface area contributed by atoms with E-state index in [1.165, 1.54) is 7.11 Å². The predicted molar refractivity (Wildman–Crippen MR) is 84.7 cm³/mol. The van der Waals surface area contributed by atoms with Crippen LogP contribution in [0.3, 0.4) is 0 Å². The summed E-state index contributed by atoms with van der Waals surface area (Å²) in [5, 5.41) is 3.07. The lowest BCUT2D eigenvalue weighted by atomic mass is 9.84. The van der Waals surface area contributed by atoms with Crippen LogP contribution in [-0.4, -0.2) is 32.1 Å². The largest absolute Gasteiger partial charge is 0.469 e. The third-order valence-corrected chi connectivity index (χ3v) is 5.21. The minimum atomic E-state index is -0.199. The molecule has 124 valence electrons. The van der Waals surface area contributed by atoms with Gasteiger partial charge in [0.2, 0.25) is 0 Å². The van der Waals surface area contributed by atoms with Crippen LogP contribution >= 0.6 is 0 Å². The fraction of sp³-hybridized carbons (Fsp3) is 0.556. The fourth-order valence-electron chi connectivity index (χ4n) is 4.13. The van der Waals surface area contributed by atoms with Crippen molar-refractivity contribution in [2.24, 2.45) is 17.8 Å². The van der Waals surface area contributed by atoms with Gasteiger partial charge in [0.25, 0.3) is 5.91 Å². The average molecular weight is 317 g/mol. The van der Waals surface area contributed by atoms with Crippen LogP contribution in [0.15, 0.2) is 24.3 Å². The first-order valence-corrected chi connectivity index (χ1v) is 8.10. The molecule has 1 N–H and O–H groups in total. The van der Waals surface area contributed by atoms with Crippen molar-refractivity contribution >= 4 is 11.9 Å². The number of carbonyl (C=O) groups is 2. The van der Waals surface area contributed by atoms with Crippen LogP contribution in [0.4, 0.5) is 0 Å². The molecule has 2 bridgehead atoms. The van der Waals surface area contributed by atoms with Crippen LogP contribution in [0.2, 0.25) is 0 Å². The van der Waals surface area contributed by atoms with Gasteiger partial charge in [-0.25, -0.2) is 0 Å². The maximum absolute atomic E-state index is 12.5. The van der Waals surface area contributed by atoms with Crippen LogP contribution in [0.5, 0.6) is 0 Å². The molecule has 1 aromatic carbocycles. The van der Waals surface area contributed by atoms with Gasteiger partial charge < -0.3 is 14.8 Å². The molecule has 1 amide bonds. The monoisotopic (exact) mass is 317 g/mol. The van der Waals surface area contributed by atoms with Crippen molar-refractivity contribution in [3.63, 3.8) is 0 Å². The number of rotatable bonds is 5. The zero-order valence-electron chi connectivity index (χ0n) is 13.6. The van der Waals surface area contributed by atoms with Crippen LogP contribution in [0, 0.1) is 17.8 Å². The standard InChI is InChI=1S/C18H23NO4/c1-22-10-11-3-5-12(6-4-11)17(20)19-16-14-8-7-13(9-14)15(16)18(21)23-2/h3-6,13-16H,7-10H2,1-2H3,(H,19,20)/t13-,14-,15+,16+/m0/s1. The van der Waals surface area contributed by atoms with Crippen molar-refractivity contribution in [3.8, 4) is 0 Å². The molecule has 23 heavy (non-hydrogen) atoms. The maximum atomic E-state index is 12.5. The number of hydrogen-bond donors (Lipinski definition) is 1. The Labute approximate surface area is 136 Å². The van der Waals surface area contributed by atoms with Gasteiger partial charge in [0.1, 0.15) is 0 Å². The van der Waals surface area contributed by atoms with E-state index < -0.39 is 0 Å². The van der Waals surface area contributed by atoms with Gasteiger partial charge in [-0.2, -0.15) is 0 Å². The van der Waals surface area contributed by atoms with Crippen molar-refractivity contribution in [1.29, 1.82) is 0 Å². The Kier molecular flexibility index (Phi) is 4.66. The van der Waals surface area contributed by atoms with Gasteiger partial charge in [-0.15, -0.1) is 0 Å². The van der Waals surface area contributed by atoms with Crippen LogP contribution in [-0.2, 0) is 20.9 Å². The fourth-order valence-corrected chi connectivity index (χ4v) is 4.13. The van der Waals surface area contributed by atoms with Gasteiger partial charge >= 0.3 is 5.97 Å². The molecule has 2 aliphatic carbocycles. The van der Waals surface area contributed by atoms with Gasteiger partial charge in [0.05, 0.1) is 19.6 Å². The number of esters is 1. The molecule has 3 rings (SSSR count). The summed E-state index contributed by atoms with van der Waals surface area (Å²) in [4.78, 5) is 24.6. The molecular weight excluding hydrogens is 294 g/mol. The zero-order chi connectivity index (χ0) is 16.4. The molecule has 1 aromatic rings. The first-order chi connectivity index (χ1) is 11.1. The summed E-state index contributed by atoms with van der Waals surface area (Å²) in [5.74, 6) is 0.219. The Bertz CT molecular complexity index is 583. The first kappa shape index (κ1) is 16.0. The lowest BCUT2D eigenvalue weighted by molar-refractivity contribution is -0.148. The lowest BCUT2D eigenvalue weighted by Crippen LogP contribution is -2.47. The number of benzene rings is 1. The maximum Gasteiger partial charge on any atom is 0.311 e. The molecular formula is C18H23NO4. The van der Waals surface area contributed by atoms with Gasteiger partial charge in [0, 0.05) is 18.7 Å². The second-order valence-corrected chi connectivity index (χ2v) is 6.51. The Morgan fingerprint density at radius 3 is 2.48 bits per heavy atom. The number of fused-ring (bicyclic) bond motifs is 2. The quantitative estimate of drug-likeness (QED) is 0.845. The summed E-state index contributed by atoms with van der Waals surface area (Å²) in [6, 6.07) is 7.26. The van der Waals surface area contributed by atoms with Gasteiger partial charge in [0.15, 0.2) is 0 Å². The highest BCUT2D eigenvalue weighted by Crippen LogP contribution is 2.49. The summed E-state index contributed by atoms with van der Waals surface area (Å²) in [7, 11) is 3.06. The molecule has 0 heterocycles. The van der Waals surface area contributed by atoms with Crippen molar-refractivity contribution < 1.29 is 19.1 Å². The zero-order valence-corrected chi connectivity index (χ0v) is 13.6. The third kappa shape index (κ3) is 3.11. The molecule has 0 aliphatic heterocycles. The van der Waals surface area contributed by atoms with E-state index in [1.807, 2.05) is 12.1 Å². The van der Waals surface area contributed by atoms with Gasteiger partial charge in [-0.3, -0.25) is 9.59 Å². The number of ether oxygens (including phenoxy) is 2. The van der Waals surface area contributed by atoms with E-state index in [4.69, 9.17) is 9.47 Å². The molecule has 2 saturated carbocycles. The number of amides is 1. The molecule has 0 radical (unpaired) electrons. The smallest absolute Gasteiger partial charge is 0.311 e. The SMILES string of the molecule is COCc1ccc(C(=O)N[C@@H]2[C@H]3CC[C@@H](C3)[C@H]2C(=O)OC)cc1. The highest BCUT2D eigenvalue weighted by Gasteiger charge is 2.52. The molecule has 0 unspecified atom stereocenters. The van der Waals surface area contributed by atoms with E-state index >= 15 is 0 Å². The molecule has 4 atom stereocenters. The second-order valence-electron chi connectivity index (χ2n) is 6.51. The topological polar surface area (TPSA) is 64.6 Å². The molecule has 2 fully saturated rings. The van der Waals surface area contributed by atoms with Crippen LogP contribution < -0.4 is 5.32 Å². The highest BCUT2D eigenvalue weighted by molar-refractivity contribution is 5.94. The molecule has 2 aliphatic rings. The minimum Gasteiger partial charge on any atom is -0.469 e. The number of nitrogens with one attached hydrogen (secondary N) is 1. The third-order valence-electron chi connectivity index (χ3n) is 5.21. The Morgan fingerprint density at radius 1 is 1.13 bits per heavy atom. The summed E-state index contributed by atoms with van der Waals surface area (Å²) in [6.07, 6.45) is 3.15. The van der Waals surface area contributed by atoms with E-state index in [0.717, 1.165) is 24.8 Å². The Morgan fingerprint density at radius 2 is 1.83 bits per heavy atom. The summed E-state index contributed by atoms with van der Waals surface area (Å²) < 4.78 is 10.0. The highest BCUT2D eigenvalue weighted by atomic mass is 16.5. The molecule has 5 nitrogen and oxygen atoms in total. The van der Waals surface area contributed by atoms with Crippen molar-refractivity contribution in [1.82, 2.24) is 5.32 Å². The number of carbonyl (C=O) groups excluding carboxylic acids is 2. The van der Waals surface area contributed by atoms with E-state index in [2.05, 4.69) is 5.32 Å². The van der Waals surface area contributed by atoms with Crippen LogP contribution in [0.25, 0.3) is 0 Å². The summed E-state index contributed by atoms with van der Waals surface area (Å²) in [5.41, 5.74) is 1.63. The summed E-state index contributed by atoms with van der Waals surface area (Å²) in [6.45, 7) is 0.526. The van der Waals surface area contributed by atoms with E-state index in [0.29, 0.717) is 24.0 Å². The van der Waals surface area contributed by atoms with E-state index in [9.17, 15) is 9.59 Å². The molecule has 0 spiro atoms. The molecule has 0 aromatic heterocycles. The predicted octanol–water partition coefficient (Wildman–Crippen LogP) is 2.15. The van der Waals surface area contributed by atoms with Crippen molar-refractivity contribution in [2.75, 3.05) is 14.2 Å². The average Bonchev–Trinajstić information content (AvgIpc) is 3.16. The number of methoxy groups -OCH3 is 2. The van der Waals surface area contributed by atoms with Crippen LogP contribution in [0.1, 0.15) is 35.2 Å². The normalized spacial score (nSPS) is 28.6. The molecule has 5 heteroatoms. The second kappa shape index (κ2) is 6.71. The van der Waals surface area contributed by atoms with Crippen molar-refractivity contribution in [2.45, 2.75) is 31.9 Å². The number of hydrogen-bond acceptors (Lipinski definition) is 4. The minimum absolute atomic E-state index is 0.104. The first-order valence-electron chi connectivity index (χ1n) is 8.10. The summed E-state index contributed by atoms with van der Waals surface area (Å²) >= 11 is 0. The van der Waals surface area contributed by atoms with E-state index in [-0.39, 0.29) is 23.8 Å². The lowest BCUT2D eigenvalue weighted by Gasteiger charge is -2.29.